The Bertz CT molecular complexity index is 528. The molecule has 0 saturated heterocycles. The van der Waals surface area contributed by atoms with Crippen molar-refractivity contribution in [2.75, 3.05) is 45.7 Å². The molecule has 0 aliphatic heterocycles. The fourth-order valence-corrected chi connectivity index (χ4v) is 1.79. The summed E-state index contributed by atoms with van der Waals surface area (Å²) in [6.07, 6.45) is 0. The van der Waals surface area contributed by atoms with Crippen molar-refractivity contribution < 1.29 is 9.13 Å². The number of methoxy groups -OCH3 is 1. The highest BCUT2D eigenvalue weighted by atomic mass is 19.1. The summed E-state index contributed by atoms with van der Waals surface area (Å²) >= 11 is 0. The van der Waals surface area contributed by atoms with Crippen LogP contribution < -0.4 is 5.32 Å². The normalized spacial score (nSPS) is 11.4. The second-order valence-electron chi connectivity index (χ2n) is 4.47. The number of fused-ring (bicyclic) bond motifs is 1. The lowest BCUT2D eigenvalue weighted by atomic mass is 10.3. The molecule has 0 spiro atoms. The number of benzene rings is 1. The first-order valence-electron chi connectivity index (χ1n) is 6.25. The standard InChI is InChI=1S/C13H19FN4O/c1-18(7-8-19-2)6-5-15-13-16-11-4-3-10(14)9-12(11)17-13/h3-4,9H,5-8H2,1-2H3,(H2,15,16,17). The lowest BCUT2D eigenvalue weighted by molar-refractivity contribution is 0.163. The molecular weight excluding hydrogens is 247 g/mol. The molecule has 104 valence electrons. The van der Waals surface area contributed by atoms with Crippen LogP contribution in [-0.2, 0) is 4.74 Å². The molecule has 0 radical (unpaired) electrons. The quantitative estimate of drug-likeness (QED) is 0.801. The van der Waals surface area contributed by atoms with Gasteiger partial charge < -0.3 is 19.9 Å². The molecule has 0 aliphatic rings. The fraction of sp³-hybridized carbons (Fsp3) is 0.462. The predicted octanol–water partition coefficient (Wildman–Crippen LogP) is 1.69. The van der Waals surface area contributed by atoms with Crippen LogP contribution >= 0.6 is 0 Å². The number of aromatic nitrogens is 2. The van der Waals surface area contributed by atoms with Crippen LogP contribution in [0.15, 0.2) is 18.2 Å². The molecule has 1 heterocycles. The molecule has 19 heavy (non-hydrogen) atoms. The Morgan fingerprint density at radius 1 is 1.42 bits per heavy atom. The van der Waals surface area contributed by atoms with E-state index >= 15 is 0 Å². The highest BCUT2D eigenvalue weighted by molar-refractivity contribution is 5.77. The summed E-state index contributed by atoms with van der Waals surface area (Å²) in [5.41, 5.74) is 1.46. The maximum absolute atomic E-state index is 13.0. The van der Waals surface area contributed by atoms with Crippen LogP contribution in [0.2, 0.25) is 0 Å². The summed E-state index contributed by atoms with van der Waals surface area (Å²) in [4.78, 5) is 9.55. The number of likely N-dealkylation sites (N-methyl/N-ethyl adjacent to an activating group) is 1. The summed E-state index contributed by atoms with van der Waals surface area (Å²) in [6, 6.07) is 4.51. The maximum Gasteiger partial charge on any atom is 0.201 e. The molecule has 1 aromatic heterocycles. The van der Waals surface area contributed by atoms with E-state index in [4.69, 9.17) is 4.74 Å². The van der Waals surface area contributed by atoms with Gasteiger partial charge in [0.1, 0.15) is 5.82 Å². The monoisotopic (exact) mass is 266 g/mol. The van der Waals surface area contributed by atoms with Crippen LogP contribution in [0, 0.1) is 5.82 Å². The minimum atomic E-state index is -0.262. The Morgan fingerprint density at radius 2 is 2.26 bits per heavy atom. The Hall–Kier alpha value is -1.66. The Balaban J connectivity index is 1.84. The number of halogens is 1. The first-order chi connectivity index (χ1) is 9.19. The molecular formula is C13H19FN4O. The van der Waals surface area contributed by atoms with Gasteiger partial charge in [0.2, 0.25) is 5.95 Å². The van der Waals surface area contributed by atoms with Gasteiger partial charge in [-0.05, 0) is 25.2 Å². The molecule has 0 unspecified atom stereocenters. The van der Waals surface area contributed by atoms with Crippen LogP contribution in [0.4, 0.5) is 10.3 Å². The van der Waals surface area contributed by atoms with Crippen LogP contribution in [-0.4, -0.2) is 55.3 Å². The number of imidazole rings is 1. The van der Waals surface area contributed by atoms with E-state index in [-0.39, 0.29) is 5.82 Å². The van der Waals surface area contributed by atoms with Gasteiger partial charge in [-0.25, -0.2) is 9.37 Å². The zero-order valence-corrected chi connectivity index (χ0v) is 11.2. The van der Waals surface area contributed by atoms with Gasteiger partial charge >= 0.3 is 0 Å². The topological polar surface area (TPSA) is 53.2 Å². The maximum atomic E-state index is 13.0. The van der Waals surface area contributed by atoms with Gasteiger partial charge in [-0.1, -0.05) is 0 Å². The highest BCUT2D eigenvalue weighted by Gasteiger charge is 2.03. The van der Waals surface area contributed by atoms with Gasteiger partial charge in [-0.3, -0.25) is 0 Å². The number of ether oxygens (including phenoxy) is 1. The number of aromatic amines is 1. The summed E-state index contributed by atoms with van der Waals surface area (Å²) in [5, 5.41) is 3.19. The molecule has 5 nitrogen and oxygen atoms in total. The van der Waals surface area contributed by atoms with Gasteiger partial charge in [-0.15, -0.1) is 0 Å². The number of anilines is 1. The molecule has 0 amide bonds. The zero-order valence-electron chi connectivity index (χ0n) is 11.2. The van der Waals surface area contributed by atoms with Crippen LogP contribution in [0.25, 0.3) is 11.0 Å². The van der Waals surface area contributed by atoms with Crippen molar-refractivity contribution in [1.82, 2.24) is 14.9 Å². The van der Waals surface area contributed by atoms with E-state index in [1.165, 1.54) is 12.1 Å². The third-order valence-corrected chi connectivity index (χ3v) is 2.91. The number of rotatable bonds is 7. The SMILES string of the molecule is COCCN(C)CCNc1nc2ccc(F)cc2[nH]1. The Kier molecular flexibility index (Phi) is 4.70. The van der Waals surface area contributed by atoms with E-state index in [0.717, 1.165) is 31.8 Å². The average Bonchev–Trinajstić information content (AvgIpc) is 2.78. The molecule has 0 saturated carbocycles. The minimum Gasteiger partial charge on any atom is -0.383 e. The van der Waals surface area contributed by atoms with E-state index < -0.39 is 0 Å². The molecule has 1 aromatic carbocycles. The number of hydrogen-bond acceptors (Lipinski definition) is 4. The first-order valence-corrected chi connectivity index (χ1v) is 6.25. The van der Waals surface area contributed by atoms with Crippen molar-refractivity contribution in [1.29, 1.82) is 0 Å². The van der Waals surface area contributed by atoms with Gasteiger partial charge in [0, 0.05) is 26.7 Å². The lowest BCUT2D eigenvalue weighted by Crippen LogP contribution is -2.28. The fourth-order valence-electron chi connectivity index (χ4n) is 1.79. The van der Waals surface area contributed by atoms with Gasteiger partial charge in [0.05, 0.1) is 17.6 Å². The molecule has 2 aromatic rings. The molecule has 6 heteroatoms. The van der Waals surface area contributed by atoms with Crippen molar-refractivity contribution in [3.63, 3.8) is 0 Å². The minimum absolute atomic E-state index is 0.262. The van der Waals surface area contributed by atoms with Crippen molar-refractivity contribution in [2.45, 2.75) is 0 Å². The van der Waals surface area contributed by atoms with E-state index in [1.54, 1.807) is 13.2 Å². The number of hydrogen-bond donors (Lipinski definition) is 2. The number of H-pyrrole nitrogens is 1. The molecule has 2 N–H and O–H groups in total. The van der Waals surface area contributed by atoms with Crippen molar-refractivity contribution in [3.8, 4) is 0 Å². The molecule has 0 fully saturated rings. The second kappa shape index (κ2) is 6.49. The molecule has 2 rings (SSSR count). The van der Waals surface area contributed by atoms with E-state index in [1.807, 2.05) is 7.05 Å². The van der Waals surface area contributed by atoms with Crippen LogP contribution in [0.3, 0.4) is 0 Å². The van der Waals surface area contributed by atoms with Gasteiger partial charge in [0.25, 0.3) is 0 Å². The summed E-state index contributed by atoms with van der Waals surface area (Å²) in [7, 11) is 3.73. The second-order valence-corrected chi connectivity index (χ2v) is 4.47. The van der Waals surface area contributed by atoms with Gasteiger partial charge in [-0.2, -0.15) is 0 Å². The Morgan fingerprint density at radius 3 is 3.05 bits per heavy atom. The van der Waals surface area contributed by atoms with Gasteiger partial charge in [0.15, 0.2) is 0 Å². The van der Waals surface area contributed by atoms with Crippen molar-refractivity contribution >= 4 is 17.0 Å². The zero-order chi connectivity index (χ0) is 13.7. The predicted molar refractivity (Wildman–Crippen MR) is 73.9 cm³/mol. The average molecular weight is 266 g/mol. The lowest BCUT2D eigenvalue weighted by Gasteiger charge is -2.15. The summed E-state index contributed by atoms with van der Waals surface area (Å²) in [6.45, 7) is 3.27. The van der Waals surface area contributed by atoms with Crippen molar-refractivity contribution in [3.05, 3.63) is 24.0 Å². The third-order valence-electron chi connectivity index (χ3n) is 2.91. The summed E-state index contributed by atoms with van der Waals surface area (Å²) < 4.78 is 18.0. The van der Waals surface area contributed by atoms with E-state index in [2.05, 4.69) is 20.2 Å². The smallest absolute Gasteiger partial charge is 0.201 e. The van der Waals surface area contributed by atoms with E-state index in [9.17, 15) is 4.39 Å². The number of nitrogens with one attached hydrogen (secondary N) is 2. The molecule has 0 bridgehead atoms. The van der Waals surface area contributed by atoms with Crippen molar-refractivity contribution in [2.24, 2.45) is 0 Å². The summed E-state index contributed by atoms with van der Waals surface area (Å²) in [5.74, 6) is 0.405. The number of nitrogens with zero attached hydrogens (tertiary/aromatic N) is 2. The van der Waals surface area contributed by atoms with Crippen LogP contribution in [0.5, 0.6) is 0 Å². The van der Waals surface area contributed by atoms with Crippen LogP contribution in [0.1, 0.15) is 0 Å². The Labute approximate surface area is 111 Å². The third kappa shape index (κ3) is 3.90. The molecule has 0 atom stereocenters. The first kappa shape index (κ1) is 13.8. The highest BCUT2D eigenvalue weighted by Crippen LogP contribution is 2.15. The largest absolute Gasteiger partial charge is 0.383 e. The molecule has 0 aliphatic carbocycles. The van der Waals surface area contributed by atoms with E-state index in [0.29, 0.717) is 11.5 Å².